The first kappa shape index (κ1) is 17.0. The molecule has 21 heavy (non-hydrogen) atoms. The van der Waals surface area contributed by atoms with E-state index in [4.69, 9.17) is 16.9 Å². The van der Waals surface area contributed by atoms with Crippen LogP contribution >= 0.6 is 11.6 Å². The molecular weight excluding hydrogens is 290 g/mol. The molecule has 2 atom stereocenters. The normalized spacial score (nSPS) is 12.9. The standard InChI is InChI=1S/C15H18ClN3O2/c1-10(8-9-17)19(3)15(21)11(2)18-14(20)12-4-6-13(16)7-5-12/h4-7,10-11H,8H2,1-3H3,(H,18,20)/t10-,11-/m0/s1. The van der Waals surface area contributed by atoms with Gasteiger partial charge in [0.2, 0.25) is 5.91 Å². The Labute approximate surface area is 129 Å². The fraction of sp³-hybridized carbons (Fsp3) is 0.400. The summed E-state index contributed by atoms with van der Waals surface area (Å²) in [6, 6.07) is 7.57. The van der Waals surface area contributed by atoms with Crippen LogP contribution in [-0.2, 0) is 4.79 Å². The summed E-state index contributed by atoms with van der Waals surface area (Å²) in [6.45, 7) is 3.40. The molecule has 0 aliphatic carbocycles. The smallest absolute Gasteiger partial charge is 0.251 e. The van der Waals surface area contributed by atoms with Crippen molar-refractivity contribution in [3.8, 4) is 6.07 Å². The molecule has 0 saturated heterocycles. The Morgan fingerprint density at radius 1 is 1.33 bits per heavy atom. The number of halogens is 1. The molecule has 0 unspecified atom stereocenters. The van der Waals surface area contributed by atoms with Gasteiger partial charge in [0.15, 0.2) is 0 Å². The molecule has 1 N–H and O–H groups in total. The topological polar surface area (TPSA) is 73.2 Å². The molecule has 0 radical (unpaired) electrons. The minimum atomic E-state index is -0.667. The molecule has 0 aromatic heterocycles. The molecule has 5 nitrogen and oxygen atoms in total. The van der Waals surface area contributed by atoms with Crippen LogP contribution in [0.15, 0.2) is 24.3 Å². The number of nitriles is 1. The Balaban J connectivity index is 2.65. The van der Waals surface area contributed by atoms with Crippen molar-refractivity contribution in [1.29, 1.82) is 5.26 Å². The van der Waals surface area contributed by atoms with E-state index in [1.54, 1.807) is 45.2 Å². The Morgan fingerprint density at radius 2 is 1.90 bits per heavy atom. The van der Waals surface area contributed by atoms with Crippen molar-refractivity contribution in [1.82, 2.24) is 10.2 Å². The van der Waals surface area contributed by atoms with E-state index in [0.29, 0.717) is 10.6 Å². The zero-order chi connectivity index (χ0) is 16.0. The van der Waals surface area contributed by atoms with E-state index < -0.39 is 6.04 Å². The van der Waals surface area contributed by atoms with Gasteiger partial charge in [-0.1, -0.05) is 11.6 Å². The van der Waals surface area contributed by atoms with E-state index in [2.05, 4.69) is 5.32 Å². The van der Waals surface area contributed by atoms with E-state index in [1.807, 2.05) is 6.07 Å². The summed E-state index contributed by atoms with van der Waals surface area (Å²) < 4.78 is 0. The number of nitrogens with one attached hydrogen (secondary N) is 1. The highest BCUT2D eigenvalue weighted by Gasteiger charge is 2.23. The van der Waals surface area contributed by atoms with Crippen LogP contribution in [0.3, 0.4) is 0 Å². The zero-order valence-electron chi connectivity index (χ0n) is 12.3. The van der Waals surface area contributed by atoms with Gasteiger partial charge in [-0.05, 0) is 38.1 Å². The van der Waals surface area contributed by atoms with Crippen molar-refractivity contribution in [2.45, 2.75) is 32.4 Å². The lowest BCUT2D eigenvalue weighted by Gasteiger charge is -2.26. The quantitative estimate of drug-likeness (QED) is 0.906. The highest BCUT2D eigenvalue weighted by molar-refractivity contribution is 6.30. The summed E-state index contributed by atoms with van der Waals surface area (Å²) in [4.78, 5) is 25.6. The number of benzene rings is 1. The van der Waals surface area contributed by atoms with Crippen LogP contribution in [0.1, 0.15) is 30.6 Å². The van der Waals surface area contributed by atoms with Gasteiger partial charge in [-0.2, -0.15) is 5.26 Å². The second-order valence-electron chi connectivity index (χ2n) is 4.86. The number of amides is 2. The van der Waals surface area contributed by atoms with Gasteiger partial charge in [0.05, 0.1) is 12.5 Å². The lowest BCUT2D eigenvalue weighted by atomic mass is 10.1. The SMILES string of the molecule is C[C@H](NC(=O)c1ccc(Cl)cc1)C(=O)N(C)[C@@H](C)CC#N. The van der Waals surface area contributed by atoms with Crippen LogP contribution < -0.4 is 5.32 Å². The van der Waals surface area contributed by atoms with Crippen LogP contribution in [0.25, 0.3) is 0 Å². The number of rotatable bonds is 5. The van der Waals surface area contributed by atoms with E-state index in [9.17, 15) is 9.59 Å². The molecule has 0 heterocycles. The fourth-order valence-corrected chi connectivity index (χ4v) is 1.86. The molecule has 0 saturated carbocycles. The van der Waals surface area contributed by atoms with Crippen LogP contribution in [0.2, 0.25) is 5.02 Å². The summed E-state index contributed by atoms with van der Waals surface area (Å²) in [5.74, 6) is -0.575. The molecule has 1 rings (SSSR count). The summed E-state index contributed by atoms with van der Waals surface area (Å²) in [5, 5.41) is 11.8. The minimum absolute atomic E-state index is 0.197. The Bertz CT molecular complexity index is 551. The van der Waals surface area contributed by atoms with Crippen LogP contribution in [0.5, 0.6) is 0 Å². The molecule has 0 aliphatic rings. The molecule has 1 aromatic carbocycles. The van der Waals surface area contributed by atoms with Crippen LogP contribution in [0, 0.1) is 11.3 Å². The number of hydrogen-bond acceptors (Lipinski definition) is 3. The molecule has 0 aliphatic heterocycles. The van der Waals surface area contributed by atoms with Crippen LogP contribution in [-0.4, -0.2) is 35.8 Å². The van der Waals surface area contributed by atoms with E-state index in [1.165, 1.54) is 4.90 Å². The van der Waals surface area contributed by atoms with Crippen molar-refractivity contribution >= 4 is 23.4 Å². The number of likely N-dealkylation sites (N-methyl/N-ethyl adjacent to an activating group) is 1. The third-order valence-electron chi connectivity index (χ3n) is 3.22. The first-order valence-corrected chi connectivity index (χ1v) is 6.94. The number of hydrogen-bond donors (Lipinski definition) is 1. The largest absolute Gasteiger partial charge is 0.341 e. The van der Waals surface area contributed by atoms with Gasteiger partial charge in [0.1, 0.15) is 6.04 Å². The monoisotopic (exact) mass is 307 g/mol. The first-order valence-electron chi connectivity index (χ1n) is 6.57. The maximum atomic E-state index is 12.2. The number of nitrogens with zero attached hydrogens (tertiary/aromatic N) is 2. The van der Waals surface area contributed by atoms with Gasteiger partial charge in [0.25, 0.3) is 5.91 Å². The molecular formula is C15H18ClN3O2. The van der Waals surface area contributed by atoms with Crippen molar-refractivity contribution in [3.05, 3.63) is 34.9 Å². The van der Waals surface area contributed by atoms with Gasteiger partial charge in [-0.3, -0.25) is 9.59 Å². The second kappa shape index (κ2) is 7.65. The molecule has 0 bridgehead atoms. The van der Waals surface area contributed by atoms with Crippen molar-refractivity contribution in [3.63, 3.8) is 0 Å². The average Bonchev–Trinajstić information content (AvgIpc) is 2.46. The van der Waals surface area contributed by atoms with Gasteiger partial charge in [-0.25, -0.2) is 0 Å². The molecule has 1 aromatic rings. The Hall–Kier alpha value is -2.06. The average molecular weight is 308 g/mol. The van der Waals surface area contributed by atoms with Gasteiger partial charge < -0.3 is 10.2 Å². The zero-order valence-corrected chi connectivity index (χ0v) is 13.0. The van der Waals surface area contributed by atoms with Crippen molar-refractivity contribution in [2.24, 2.45) is 0 Å². The second-order valence-corrected chi connectivity index (χ2v) is 5.30. The summed E-state index contributed by atoms with van der Waals surface area (Å²) in [7, 11) is 1.62. The minimum Gasteiger partial charge on any atom is -0.341 e. The maximum Gasteiger partial charge on any atom is 0.251 e. The number of carbonyl (C=O) groups excluding carboxylic acids is 2. The van der Waals surface area contributed by atoms with Crippen LogP contribution in [0.4, 0.5) is 0 Å². The Kier molecular flexibility index (Phi) is 6.19. The predicted molar refractivity (Wildman–Crippen MR) is 80.8 cm³/mol. The predicted octanol–water partition coefficient (Wildman–Crippen LogP) is 2.22. The third kappa shape index (κ3) is 4.76. The molecule has 2 amide bonds. The number of carbonyl (C=O) groups is 2. The maximum absolute atomic E-state index is 12.2. The Morgan fingerprint density at radius 3 is 2.43 bits per heavy atom. The fourth-order valence-electron chi connectivity index (χ4n) is 1.73. The molecule has 0 fully saturated rings. The molecule has 0 spiro atoms. The van der Waals surface area contributed by atoms with Crippen molar-refractivity contribution < 1.29 is 9.59 Å². The van der Waals surface area contributed by atoms with Gasteiger partial charge >= 0.3 is 0 Å². The summed E-state index contributed by atoms with van der Waals surface area (Å²) in [5.41, 5.74) is 0.437. The summed E-state index contributed by atoms with van der Waals surface area (Å²) >= 11 is 5.76. The highest BCUT2D eigenvalue weighted by Crippen LogP contribution is 2.10. The van der Waals surface area contributed by atoms with E-state index in [0.717, 1.165) is 0 Å². The third-order valence-corrected chi connectivity index (χ3v) is 3.47. The summed E-state index contributed by atoms with van der Waals surface area (Å²) in [6.07, 6.45) is 0.250. The first-order chi connectivity index (χ1) is 9.86. The van der Waals surface area contributed by atoms with E-state index >= 15 is 0 Å². The lowest BCUT2D eigenvalue weighted by molar-refractivity contribution is -0.133. The molecule has 6 heteroatoms. The highest BCUT2D eigenvalue weighted by atomic mass is 35.5. The van der Waals surface area contributed by atoms with E-state index in [-0.39, 0.29) is 24.3 Å². The van der Waals surface area contributed by atoms with Gasteiger partial charge in [0, 0.05) is 23.7 Å². The van der Waals surface area contributed by atoms with Gasteiger partial charge in [-0.15, -0.1) is 0 Å². The lowest BCUT2D eigenvalue weighted by Crippen LogP contribution is -2.48. The molecule has 112 valence electrons. The van der Waals surface area contributed by atoms with Crippen molar-refractivity contribution in [2.75, 3.05) is 7.05 Å².